The van der Waals surface area contributed by atoms with Gasteiger partial charge in [0, 0.05) is 9.64 Å². The van der Waals surface area contributed by atoms with E-state index in [1.165, 1.54) is 4.68 Å². The average Bonchev–Trinajstić information content (AvgIpc) is 2.56. The third kappa shape index (κ3) is 2.78. The van der Waals surface area contributed by atoms with Gasteiger partial charge in [-0.2, -0.15) is 5.10 Å². The molecule has 1 aromatic heterocycles. The van der Waals surface area contributed by atoms with Crippen LogP contribution in [0.25, 0.3) is 0 Å². The van der Waals surface area contributed by atoms with Gasteiger partial charge in [0.1, 0.15) is 0 Å². The second-order valence-electron chi connectivity index (χ2n) is 3.84. The molecule has 0 aliphatic carbocycles. The zero-order valence-electron chi connectivity index (χ0n) is 8.52. The summed E-state index contributed by atoms with van der Waals surface area (Å²) in [5, 5.41) is 4.08. The quantitative estimate of drug-likeness (QED) is 0.774. The Kier molecular flexibility index (Phi) is 3.40. The first-order valence-corrected chi connectivity index (χ1v) is 6.11. The summed E-state index contributed by atoms with van der Waals surface area (Å²) in [4.78, 5) is 11.5. The first-order chi connectivity index (χ1) is 7.15. The Bertz CT molecular complexity index is 405. The largest absolute Gasteiger partial charge is 0.373 e. The molecule has 1 aliphatic heterocycles. The highest BCUT2D eigenvalue weighted by molar-refractivity contribution is 14.1. The van der Waals surface area contributed by atoms with Gasteiger partial charge >= 0.3 is 0 Å². The third-order valence-electron chi connectivity index (χ3n) is 2.53. The lowest BCUT2D eigenvalue weighted by molar-refractivity contribution is 0.0428. The highest BCUT2D eigenvalue weighted by atomic mass is 127. The Morgan fingerprint density at radius 2 is 2.47 bits per heavy atom. The molecule has 2 unspecified atom stereocenters. The number of rotatable bonds is 2. The van der Waals surface area contributed by atoms with E-state index in [0.717, 1.165) is 16.4 Å². The Balaban J connectivity index is 2.08. The Hall–Kier alpha value is -0.430. The number of halogens is 1. The van der Waals surface area contributed by atoms with Gasteiger partial charge in [-0.25, -0.2) is 4.68 Å². The minimum Gasteiger partial charge on any atom is -0.373 e. The lowest BCUT2D eigenvalue weighted by Crippen LogP contribution is -2.28. The van der Waals surface area contributed by atoms with Gasteiger partial charge in [-0.15, -0.1) is 0 Å². The van der Waals surface area contributed by atoms with Crippen molar-refractivity contribution in [1.29, 1.82) is 0 Å². The molecule has 1 saturated heterocycles. The minimum absolute atomic E-state index is 0.0509. The number of nitrogens with zero attached hydrogens (tertiary/aromatic N) is 2. The molecule has 82 valence electrons. The van der Waals surface area contributed by atoms with E-state index in [9.17, 15) is 4.79 Å². The van der Waals surface area contributed by atoms with Crippen molar-refractivity contribution >= 4 is 22.6 Å². The van der Waals surface area contributed by atoms with Crippen LogP contribution in [0.1, 0.15) is 19.8 Å². The molecule has 0 radical (unpaired) electrons. The normalized spacial score (nSPS) is 25.7. The molecule has 0 bridgehead atoms. The fourth-order valence-electron chi connectivity index (χ4n) is 1.76. The van der Waals surface area contributed by atoms with Crippen molar-refractivity contribution in [3.8, 4) is 0 Å². The molecule has 0 saturated carbocycles. The Labute approximate surface area is 102 Å². The maximum absolute atomic E-state index is 11.5. The van der Waals surface area contributed by atoms with Crippen molar-refractivity contribution in [3.63, 3.8) is 0 Å². The molecule has 4 nitrogen and oxygen atoms in total. The molecular weight excluding hydrogens is 307 g/mol. The fraction of sp³-hybridized carbons (Fsp3) is 0.600. The topological polar surface area (TPSA) is 44.1 Å². The van der Waals surface area contributed by atoms with Crippen LogP contribution in [0.4, 0.5) is 0 Å². The van der Waals surface area contributed by atoms with E-state index in [2.05, 4.69) is 34.6 Å². The van der Waals surface area contributed by atoms with Crippen LogP contribution in [-0.2, 0) is 11.3 Å². The van der Waals surface area contributed by atoms with Gasteiger partial charge in [0.05, 0.1) is 24.9 Å². The smallest absolute Gasteiger partial charge is 0.267 e. The van der Waals surface area contributed by atoms with Crippen LogP contribution < -0.4 is 5.56 Å². The highest BCUT2D eigenvalue weighted by Crippen LogP contribution is 2.19. The fourth-order valence-corrected chi connectivity index (χ4v) is 2.15. The minimum atomic E-state index is -0.0509. The van der Waals surface area contributed by atoms with Crippen molar-refractivity contribution < 1.29 is 4.74 Å². The summed E-state index contributed by atoms with van der Waals surface area (Å²) in [7, 11) is 0. The lowest BCUT2D eigenvalue weighted by atomic mass is 10.2. The van der Waals surface area contributed by atoms with Crippen molar-refractivity contribution in [2.45, 2.75) is 38.5 Å². The van der Waals surface area contributed by atoms with Crippen LogP contribution in [0, 0.1) is 3.57 Å². The van der Waals surface area contributed by atoms with Crippen LogP contribution in [0.2, 0.25) is 0 Å². The van der Waals surface area contributed by atoms with Crippen molar-refractivity contribution in [1.82, 2.24) is 9.78 Å². The summed E-state index contributed by atoms with van der Waals surface area (Å²) < 4.78 is 8.00. The first kappa shape index (κ1) is 11.1. The van der Waals surface area contributed by atoms with E-state index in [1.807, 2.05) is 0 Å². The predicted molar refractivity (Wildman–Crippen MR) is 64.8 cm³/mol. The summed E-state index contributed by atoms with van der Waals surface area (Å²) in [6.07, 6.45) is 4.24. The third-order valence-corrected chi connectivity index (χ3v) is 3.12. The second-order valence-corrected chi connectivity index (χ2v) is 5.09. The van der Waals surface area contributed by atoms with Crippen molar-refractivity contribution in [2.24, 2.45) is 0 Å². The van der Waals surface area contributed by atoms with Crippen LogP contribution in [0.3, 0.4) is 0 Å². The molecule has 0 amide bonds. The van der Waals surface area contributed by atoms with Crippen LogP contribution in [0.5, 0.6) is 0 Å². The summed E-state index contributed by atoms with van der Waals surface area (Å²) in [6.45, 7) is 2.63. The second kappa shape index (κ2) is 4.61. The van der Waals surface area contributed by atoms with E-state index in [-0.39, 0.29) is 11.7 Å². The molecule has 0 aromatic carbocycles. The number of aromatic nitrogens is 2. The van der Waals surface area contributed by atoms with Gasteiger partial charge in [-0.3, -0.25) is 4.79 Å². The summed E-state index contributed by atoms with van der Waals surface area (Å²) in [5.74, 6) is 0. The molecule has 1 fully saturated rings. The van der Waals surface area contributed by atoms with E-state index in [0.29, 0.717) is 12.6 Å². The molecule has 15 heavy (non-hydrogen) atoms. The maximum atomic E-state index is 11.5. The van der Waals surface area contributed by atoms with Crippen LogP contribution in [-0.4, -0.2) is 22.0 Å². The first-order valence-electron chi connectivity index (χ1n) is 5.03. The van der Waals surface area contributed by atoms with Gasteiger partial charge in [-0.05, 0) is 42.4 Å². The zero-order valence-corrected chi connectivity index (χ0v) is 10.7. The van der Waals surface area contributed by atoms with Crippen LogP contribution >= 0.6 is 22.6 Å². The molecule has 2 heterocycles. The number of hydrogen-bond donors (Lipinski definition) is 0. The van der Waals surface area contributed by atoms with Crippen LogP contribution in [0.15, 0.2) is 17.1 Å². The van der Waals surface area contributed by atoms with Gasteiger partial charge in [0.25, 0.3) is 5.56 Å². The highest BCUT2D eigenvalue weighted by Gasteiger charge is 2.22. The van der Waals surface area contributed by atoms with Gasteiger partial charge < -0.3 is 4.74 Å². The average molecular weight is 320 g/mol. The maximum Gasteiger partial charge on any atom is 0.267 e. The van der Waals surface area contributed by atoms with E-state index in [4.69, 9.17) is 4.74 Å². The van der Waals surface area contributed by atoms with Gasteiger partial charge in [-0.1, -0.05) is 0 Å². The molecule has 2 rings (SSSR count). The molecular formula is C10H13IN2O2. The standard InChI is InChI=1S/C10H13IN2O2/c1-7-2-3-9(15-7)6-13-10(14)4-8(11)5-12-13/h4-5,7,9H,2-3,6H2,1H3. The summed E-state index contributed by atoms with van der Waals surface area (Å²) >= 11 is 2.08. The number of ether oxygens (including phenoxy) is 1. The van der Waals surface area contributed by atoms with Crippen molar-refractivity contribution in [2.75, 3.05) is 0 Å². The summed E-state index contributed by atoms with van der Waals surface area (Å²) in [6, 6.07) is 1.59. The molecule has 2 atom stereocenters. The number of hydrogen-bond acceptors (Lipinski definition) is 3. The lowest BCUT2D eigenvalue weighted by Gasteiger charge is -2.11. The molecule has 0 spiro atoms. The predicted octanol–water partition coefficient (Wildman–Crippen LogP) is 1.42. The molecule has 1 aliphatic rings. The molecule has 5 heteroatoms. The van der Waals surface area contributed by atoms with E-state index in [1.54, 1.807) is 12.3 Å². The Morgan fingerprint density at radius 1 is 1.67 bits per heavy atom. The van der Waals surface area contributed by atoms with Gasteiger partial charge in [0.2, 0.25) is 0 Å². The van der Waals surface area contributed by atoms with Gasteiger partial charge in [0.15, 0.2) is 0 Å². The molecule has 0 N–H and O–H groups in total. The Morgan fingerprint density at radius 3 is 3.07 bits per heavy atom. The van der Waals surface area contributed by atoms with Crippen molar-refractivity contribution in [3.05, 3.63) is 26.2 Å². The zero-order chi connectivity index (χ0) is 10.8. The summed E-state index contributed by atoms with van der Waals surface area (Å²) in [5.41, 5.74) is -0.0509. The molecule has 1 aromatic rings. The SMILES string of the molecule is CC1CCC(Cn2ncc(I)cc2=O)O1. The monoisotopic (exact) mass is 320 g/mol. The van der Waals surface area contributed by atoms with E-state index < -0.39 is 0 Å². The van der Waals surface area contributed by atoms with E-state index >= 15 is 0 Å².